The van der Waals surface area contributed by atoms with Gasteiger partial charge in [0.2, 0.25) is 0 Å². The zero-order valence-electron chi connectivity index (χ0n) is 15.1. The minimum atomic E-state index is -0.176. The second kappa shape index (κ2) is 5.28. The summed E-state index contributed by atoms with van der Waals surface area (Å²) < 4.78 is 0. The van der Waals surface area contributed by atoms with Gasteiger partial charge in [-0.25, -0.2) is 0 Å². The van der Waals surface area contributed by atoms with E-state index in [1.807, 2.05) is 0 Å². The summed E-state index contributed by atoms with van der Waals surface area (Å²) in [5.74, 6) is 0. The van der Waals surface area contributed by atoms with Crippen molar-refractivity contribution in [3.05, 3.63) is 113 Å². The molecule has 2 unspecified atom stereocenters. The topological polar surface area (TPSA) is 12.9 Å². The highest BCUT2D eigenvalue weighted by atomic mass is 14.8. The third-order valence-electron chi connectivity index (χ3n) is 6.05. The molecule has 2 aliphatic rings. The molecule has 0 spiro atoms. The Hall–Kier alpha value is -2.93. The van der Waals surface area contributed by atoms with Gasteiger partial charge >= 0.3 is 0 Å². The van der Waals surface area contributed by atoms with E-state index in [0.717, 1.165) is 11.4 Å². The van der Waals surface area contributed by atoms with Crippen molar-refractivity contribution in [2.45, 2.75) is 24.7 Å². The van der Waals surface area contributed by atoms with E-state index in [2.05, 4.69) is 105 Å². The second-order valence-corrected chi connectivity index (χ2v) is 7.65. The van der Waals surface area contributed by atoms with Crippen LogP contribution in [-0.2, 0) is 10.8 Å². The molecule has 0 radical (unpaired) electrons. The van der Waals surface area contributed by atoms with Gasteiger partial charge in [0.25, 0.3) is 0 Å². The van der Waals surface area contributed by atoms with Crippen molar-refractivity contribution < 1.29 is 0 Å². The van der Waals surface area contributed by atoms with Gasteiger partial charge in [0.15, 0.2) is 0 Å². The standard InChI is InChI=1S/C25H21N/c1-24(16-14-18-8-3-5-10-20(18)24)22-12-7-13-23(26-22)25(2)17-15-19-9-4-6-11-21(19)25/h3-17H,1-2H3. The van der Waals surface area contributed by atoms with Crippen molar-refractivity contribution in [1.29, 1.82) is 0 Å². The van der Waals surface area contributed by atoms with Crippen LogP contribution in [0.5, 0.6) is 0 Å². The maximum Gasteiger partial charge on any atom is 0.0548 e. The molecular formula is C25H21N. The number of hydrogen-bond acceptors (Lipinski definition) is 1. The zero-order valence-corrected chi connectivity index (χ0v) is 15.1. The van der Waals surface area contributed by atoms with E-state index in [9.17, 15) is 0 Å². The van der Waals surface area contributed by atoms with Crippen LogP contribution in [0.1, 0.15) is 47.5 Å². The van der Waals surface area contributed by atoms with Crippen molar-refractivity contribution in [2.75, 3.05) is 0 Å². The normalized spacial score (nSPS) is 25.3. The summed E-state index contributed by atoms with van der Waals surface area (Å²) >= 11 is 0. The highest BCUT2D eigenvalue weighted by Gasteiger charge is 2.36. The number of benzene rings is 2. The number of allylic oxidation sites excluding steroid dienone is 2. The Kier molecular flexibility index (Phi) is 3.12. The Balaban J connectivity index is 1.64. The molecule has 126 valence electrons. The molecular weight excluding hydrogens is 314 g/mol. The van der Waals surface area contributed by atoms with Crippen LogP contribution in [-0.4, -0.2) is 4.98 Å². The molecule has 2 aromatic carbocycles. The van der Waals surface area contributed by atoms with E-state index >= 15 is 0 Å². The van der Waals surface area contributed by atoms with Crippen LogP contribution >= 0.6 is 0 Å². The molecule has 2 atom stereocenters. The molecule has 1 heterocycles. The largest absolute Gasteiger partial charge is 0.255 e. The van der Waals surface area contributed by atoms with Gasteiger partial charge in [-0.2, -0.15) is 0 Å². The summed E-state index contributed by atoms with van der Waals surface area (Å²) in [6.07, 6.45) is 9.00. The fourth-order valence-electron chi connectivity index (χ4n) is 4.38. The van der Waals surface area contributed by atoms with Gasteiger partial charge in [-0.3, -0.25) is 4.98 Å². The van der Waals surface area contributed by atoms with Gasteiger partial charge < -0.3 is 0 Å². The first-order valence-corrected chi connectivity index (χ1v) is 9.17. The van der Waals surface area contributed by atoms with Crippen LogP contribution in [0, 0.1) is 0 Å². The predicted octanol–water partition coefficient (Wildman–Crippen LogP) is 5.75. The second-order valence-electron chi connectivity index (χ2n) is 7.65. The first-order valence-electron chi connectivity index (χ1n) is 9.17. The van der Waals surface area contributed by atoms with Crippen LogP contribution in [0.3, 0.4) is 0 Å². The monoisotopic (exact) mass is 335 g/mol. The summed E-state index contributed by atoms with van der Waals surface area (Å²) in [7, 11) is 0. The summed E-state index contributed by atoms with van der Waals surface area (Å²) in [6.45, 7) is 4.53. The molecule has 0 N–H and O–H groups in total. The maximum absolute atomic E-state index is 5.18. The Bertz CT molecular complexity index is 992. The van der Waals surface area contributed by atoms with E-state index in [0.29, 0.717) is 0 Å². The van der Waals surface area contributed by atoms with Gasteiger partial charge in [0.05, 0.1) is 22.2 Å². The average molecular weight is 335 g/mol. The van der Waals surface area contributed by atoms with Crippen LogP contribution in [0.4, 0.5) is 0 Å². The lowest BCUT2D eigenvalue weighted by molar-refractivity contribution is 0.657. The average Bonchev–Trinajstić information content (AvgIpc) is 3.22. The van der Waals surface area contributed by atoms with Crippen molar-refractivity contribution in [2.24, 2.45) is 0 Å². The number of hydrogen-bond donors (Lipinski definition) is 0. The van der Waals surface area contributed by atoms with Crippen LogP contribution in [0.25, 0.3) is 12.2 Å². The number of rotatable bonds is 2. The smallest absolute Gasteiger partial charge is 0.0548 e. The summed E-state index contributed by atoms with van der Waals surface area (Å²) in [6, 6.07) is 23.7. The lowest BCUT2D eigenvalue weighted by Crippen LogP contribution is -2.25. The minimum absolute atomic E-state index is 0.176. The molecule has 2 aliphatic carbocycles. The molecule has 1 heteroatoms. The number of fused-ring (bicyclic) bond motifs is 2. The number of aromatic nitrogens is 1. The van der Waals surface area contributed by atoms with E-state index in [4.69, 9.17) is 4.98 Å². The molecule has 5 rings (SSSR count). The highest BCUT2D eigenvalue weighted by molar-refractivity contribution is 5.69. The third kappa shape index (κ3) is 2.00. The molecule has 0 fully saturated rings. The number of pyridine rings is 1. The van der Waals surface area contributed by atoms with Gasteiger partial charge in [-0.15, -0.1) is 0 Å². The number of nitrogens with zero attached hydrogens (tertiary/aromatic N) is 1. The first kappa shape index (κ1) is 15.3. The highest BCUT2D eigenvalue weighted by Crippen LogP contribution is 2.43. The molecule has 3 aromatic rings. The Morgan fingerprint density at radius 3 is 1.54 bits per heavy atom. The predicted molar refractivity (Wildman–Crippen MR) is 108 cm³/mol. The van der Waals surface area contributed by atoms with E-state index < -0.39 is 0 Å². The molecule has 0 amide bonds. The summed E-state index contributed by atoms with van der Waals surface area (Å²) in [4.78, 5) is 5.18. The molecule has 26 heavy (non-hydrogen) atoms. The van der Waals surface area contributed by atoms with Gasteiger partial charge in [0, 0.05) is 0 Å². The van der Waals surface area contributed by atoms with Crippen LogP contribution in [0.15, 0.2) is 78.9 Å². The van der Waals surface area contributed by atoms with Crippen LogP contribution < -0.4 is 0 Å². The molecule has 1 aromatic heterocycles. The van der Waals surface area contributed by atoms with Crippen molar-refractivity contribution >= 4 is 12.2 Å². The van der Waals surface area contributed by atoms with E-state index in [1.165, 1.54) is 22.3 Å². The first-order chi connectivity index (χ1) is 12.6. The fourth-order valence-corrected chi connectivity index (χ4v) is 4.38. The molecule has 1 nitrogen and oxygen atoms in total. The quantitative estimate of drug-likeness (QED) is 0.581. The summed E-state index contributed by atoms with van der Waals surface area (Å²) in [5.41, 5.74) is 7.11. The molecule has 0 bridgehead atoms. The molecule has 0 saturated carbocycles. The van der Waals surface area contributed by atoms with Crippen molar-refractivity contribution in [1.82, 2.24) is 4.98 Å². The van der Waals surface area contributed by atoms with Gasteiger partial charge in [-0.05, 0) is 48.2 Å². The molecule has 0 aliphatic heterocycles. The fraction of sp³-hybridized carbons (Fsp3) is 0.160. The van der Waals surface area contributed by atoms with Crippen molar-refractivity contribution in [3.8, 4) is 0 Å². The SMILES string of the molecule is CC1(c2cccc(C3(C)C=Cc4ccccc43)n2)C=Cc2ccccc21. The Morgan fingerprint density at radius 2 is 1.04 bits per heavy atom. The lowest BCUT2D eigenvalue weighted by Gasteiger charge is -2.28. The Labute approximate surface area is 154 Å². The Morgan fingerprint density at radius 1 is 0.577 bits per heavy atom. The van der Waals surface area contributed by atoms with Gasteiger partial charge in [0.1, 0.15) is 0 Å². The third-order valence-corrected chi connectivity index (χ3v) is 6.05. The van der Waals surface area contributed by atoms with E-state index in [-0.39, 0.29) is 10.8 Å². The van der Waals surface area contributed by atoms with Crippen molar-refractivity contribution in [3.63, 3.8) is 0 Å². The van der Waals surface area contributed by atoms with Gasteiger partial charge in [-0.1, -0.05) is 78.9 Å². The molecule has 0 saturated heterocycles. The summed E-state index contributed by atoms with van der Waals surface area (Å²) in [5, 5.41) is 0. The van der Waals surface area contributed by atoms with Crippen LogP contribution in [0.2, 0.25) is 0 Å². The zero-order chi connectivity index (χ0) is 17.8. The lowest BCUT2D eigenvalue weighted by atomic mass is 9.78. The minimum Gasteiger partial charge on any atom is -0.255 e. The maximum atomic E-state index is 5.18. The van der Waals surface area contributed by atoms with E-state index in [1.54, 1.807) is 0 Å².